The summed E-state index contributed by atoms with van der Waals surface area (Å²) in [5.74, 6) is 2.13. The van der Waals surface area contributed by atoms with E-state index in [-0.39, 0.29) is 6.10 Å². The van der Waals surface area contributed by atoms with Crippen LogP contribution in [-0.4, -0.2) is 29.8 Å². The van der Waals surface area contributed by atoms with Crippen LogP contribution in [0.15, 0.2) is 4.52 Å². The first-order valence-electron chi connectivity index (χ1n) is 6.33. The zero-order valence-electron chi connectivity index (χ0n) is 10.8. The highest BCUT2D eigenvalue weighted by atomic mass is 16.5. The van der Waals surface area contributed by atoms with Gasteiger partial charge in [0.1, 0.15) is 6.10 Å². The second-order valence-electron chi connectivity index (χ2n) is 4.63. The molecule has 0 aliphatic heterocycles. The first-order valence-corrected chi connectivity index (χ1v) is 6.33. The Morgan fingerprint density at radius 1 is 1.53 bits per heavy atom. The number of hydrogen-bond acceptors (Lipinski definition) is 5. The molecule has 0 bridgehead atoms. The van der Waals surface area contributed by atoms with Gasteiger partial charge in [0.25, 0.3) is 0 Å². The lowest BCUT2D eigenvalue weighted by Crippen LogP contribution is -2.33. The fourth-order valence-electron chi connectivity index (χ4n) is 1.98. The molecule has 0 aromatic carbocycles. The molecule has 1 saturated carbocycles. The smallest absolute Gasteiger partial charge is 0.228 e. The second kappa shape index (κ2) is 5.60. The van der Waals surface area contributed by atoms with Crippen molar-refractivity contribution >= 4 is 0 Å². The molecule has 0 saturated heterocycles. The summed E-state index contributed by atoms with van der Waals surface area (Å²) in [7, 11) is 1.65. The van der Waals surface area contributed by atoms with Gasteiger partial charge in [0.2, 0.25) is 5.89 Å². The van der Waals surface area contributed by atoms with E-state index < -0.39 is 0 Å². The van der Waals surface area contributed by atoms with Crippen LogP contribution in [-0.2, 0) is 11.2 Å². The maximum Gasteiger partial charge on any atom is 0.228 e. The molecule has 1 aliphatic carbocycles. The zero-order chi connectivity index (χ0) is 12.3. The van der Waals surface area contributed by atoms with Crippen molar-refractivity contribution in [1.82, 2.24) is 15.5 Å². The minimum atomic E-state index is -0.106. The van der Waals surface area contributed by atoms with E-state index in [4.69, 9.17) is 9.26 Å². The molecular weight excluding hydrogens is 218 g/mol. The number of aromatic nitrogens is 2. The van der Waals surface area contributed by atoms with Crippen LogP contribution in [0, 0.1) is 5.92 Å². The lowest BCUT2D eigenvalue weighted by atomic mass is 10.1. The number of rotatable bonds is 7. The highest BCUT2D eigenvalue weighted by Gasteiger charge is 2.32. The normalized spacial score (nSPS) is 19.2. The molecule has 1 heterocycles. The van der Waals surface area contributed by atoms with Gasteiger partial charge in [-0.1, -0.05) is 12.1 Å². The van der Waals surface area contributed by atoms with Crippen molar-refractivity contribution in [1.29, 1.82) is 0 Å². The third-order valence-electron chi connectivity index (χ3n) is 3.25. The average Bonchev–Trinajstić information content (AvgIpc) is 3.08. The van der Waals surface area contributed by atoms with Crippen LogP contribution < -0.4 is 5.32 Å². The van der Waals surface area contributed by atoms with Gasteiger partial charge in [0.15, 0.2) is 5.82 Å². The van der Waals surface area contributed by atoms with E-state index in [2.05, 4.69) is 22.4 Å². The quantitative estimate of drug-likeness (QED) is 0.785. The van der Waals surface area contributed by atoms with Gasteiger partial charge >= 0.3 is 0 Å². The van der Waals surface area contributed by atoms with Crippen LogP contribution in [0.3, 0.4) is 0 Å². The van der Waals surface area contributed by atoms with Crippen molar-refractivity contribution in [2.75, 3.05) is 13.7 Å². The molecule has 0 amide bonds. The summed E-state index contributed by atoms with van der Waals surface area (Å²) >= 11 is 0. The summed E-state index contributed by atoms with van der Waals surface area (Å²) in [5, 5.41) is 7.43. The van der Waals surface area contributed by atoms with Crippen LogP contribution in [0.4, 0.5) is 0 Å². The molecule has 1 aromatic heterocycles. The van der Waals surface area contributed by atoms with Gasteiger partial charge in [-0.3, -0.25) is 0 Å². The van der Waals surface area contributed by atoms with Crippen molar-refractivity contribution in [3.8, 4) is 0 Å². The fourth-order valence-corrected chi connectivity index (χ4v) is 1.98. The molecule has 2 atom stereocenters. The summed E-state index contributed by atoms with van der Waals surface area (Å²) in [5.41, 5.74) is 0. The van der Waals surface area contributed by atoms with Gasteiger partial charge < -0.3 is 14.6 Å². The van der Waals surface area contributed by atoms with Crippen molar-refractivity contribution < 1.29 is 9.26 Å². The minimum Gasteiger partial charge on any atom is -0.374 e. The molecule has 0 spiro atoms. The topological polar surface area (TPSA) is 60.2 Å². The number of nitrogens with one attached hydrogen (secondary N) is 1. The first-order chi connectivity index (χ1) is 8.24. The predicted octanol–water partition coefficient (Wildman–Crippen LogP) is 1.71. The maximum atomic E-state index is 5.26. The van der Waals surface area contributed by atoms with Crippen LogP contribution in [0.25, 0.3) is 0 Å². The third-order valence-corrected chi connectivity index (χ3v) is 3.25. The second-order valence-corrected chi connectivity index (χ2v) is 4.63. The van der Waals surface area contributed by atoms with E-state index in [9.17, 15) is 0 Å². The standard InChI is InChI=1S/C12H21N3O2/c1-4-13-10(9-5-6-9)7-11-14-12(15-17-11)8(2)16-3/h8-10,13H,4-7H2,1-3H3. The maximum absolute atomic E-state index is 5.26. The monoisotopic (exact) mass is 239 g/mol. The lowest BCUT2D eigenvalue weighted by molar-refractivity contribution is 0.109. The molecule has 2 unspecified atom stereocenters. The number of methoxy groups -OCH3 is 1. The molecule has 0 radical (unpaired) electrons. The number of ether oxygens (including phenoxy) is 1. The van der Waals surface area contributed by atoms with Crippen LogP contribution in [0.1, 0.15) is 44.5 Å². The van der Waals surface area contributed by atoms with E-state index in [1.807, 2.05) is 6.92 Å². The molecule has 5 heteroatoms. The summed E-state index contributed by atoms with van der Waals surface area (Å²) in [6.45, 7) is 5.02. The van der Waals surface area contributed by atoms with Gasteiger partial charge in [0.05, 0.1) is 0 Å². The van der Waals surface area contributed by atoms with Gasteiger partial charge in [-0.25, -0.2) is 0 Å². The van der Waals surface area contributed by atoms with E-state index in [0.29, 0.717) is 17.8 Å². The summed E-state index contributed by atoms with van der Waals surface area (Å²) in [6.07, 6.45) is 3.34. The summed E-state index contributed by atoms with van der Waals surface area (Å²) < 4.78 is 10.4. The minimum absolute atomic E-state index is 0.106. The Morgan fingerprint density at radius 3 is 2.88 bits per heavy atom. The average molecular weight is 239 g/mol. The molecule has 5 nitrogen and oxygen atoms in total. The Morgan fingerprint density at radius 2 is 2.29 bits per heavy atom. The van der Waals surface area contributed by atoms with E-state index in [0.717, 1.165) is 18.9 Å². The SMILES string of the molecule is CCNC(Cc1nc(C(C)OC)no1)C1CC1. The van der Waals surface area contributed by atoms with E-state index in [1.165, 1.54) is 12.8 Å². The molecule has 17 heavy (non-hydrogen) atoms. The molecular formula is C12H21N3O2. The third kappa shape index (κ3) is 3.26. The Balaban J connectivity index is 1.94. The molecule has 1 aliphatic rings. The van der Waals surface area contributed by atoms with Gasteiger partial charge in [-0.2, -0.15) is 4.98 Å². The summed E-state index contributed by atoms with van der Waals surface area (Å²) in [4.78, 5) is 4.37. The molecule has 96 valence electrons. The number of hydrogen-bond donors (Lipinski definition) is 1. The predicted molar refractivity (Wildman–Crippen MR) is 63.6 cm³/mol. The van der Waals surface area contributed by atoms with Crippen LogP contribution in [0.5, 0.6) is 0 Å². The number of nitrogens with zero attached hydrogens (tertiary/aromatic N) is 2. The van der Waals surface area contributed by atoms with E-state index >= 15 is 0 Å². The number of likely N-dealkylation sites (N-methyl/N-ethyl adjacent to an activating group) is 1. The Kier molecular flexibility index (Phi) is 4.12. The Bertz CT molecular complexity index is 349. The van der Waals surface area contributed by atoms with Gasteiger partial charge in [-0.05, 0) is 32.2 Å². The first kappa shape index (κ1) is 12.5. The van der Waals surface area contributed by atoms with Crippen LogP contribution in [0.2, 0.25) is 0 Å². The van der Waals surface area contributed by atoms with Crippen molar-refractivity contribution in [3.05, 3.63) is 11.7 Å². The molecule has 2 rings (SSSR count). The summed E-state index contributed by atoms with van der Waals surface area (Å²) in [6, 6.07) is 0.478. The Labute approximate surface area is 102 Å². The van der Waals surface area contributed by atoms with E-state index in [1.54, 1.807) is 7.11 Å². The van der Waals surface area contributed by atoms with Gasteiger partial charge in [-0.15, -0.1) is 0 Å². The molecule has 1 N–H and O–H groups in total. The highest BCUT2D eigenvalue weighted by Crippen LogP contribution is 2.33. The van der Waals surface area contributed by atoms with Crippen molar-refractivity contribution in [3.63, 3.8) is 0 Å². The highest BCUT2D eigenvalue weighted by molar-refractivity contribution is 4.96. The lowest BCUT2D eigenvalue weighted by Gasteiger charge is -2.14. The Hall–Kier alpha value is -0.940. The largest absolute Gasteiger partial charge is 0.374 e. The van der Waals surface area contributed by atoms with Crippen molar-refractivity contribution in [2.24, 2.45) is 5.92 Å². The molecule has 1 fully saturated rings. The van der Waals surface area contributed by atoms with Crippen molar-refractivity contribution in [2.45, 2.75) is 45.3 Å². The van der Waals surface area contributed by atoms with Gasteiger partial charge in [0, 0.05) is 19.6 Å². The van der Waals surface area contributed by atoms with Crippen LogP contribution >= 0.6 is 0 Å². The molecule has 1 aromatic rings. The zero-order valence-corrected chi connectivity index (χ0v) is 10.8. The fraction of sp³-hybridized carbons (Fsp3) is 0.833.